The summed E-state index contributed by atoms with van der Waals surface area (Å²) in [5, 5.41) is 3.51. The van der Waals surface area contributed by atoms with Crippen molar-refractivity contribution in [3.8, 4) is 5.75 Å². The molecule has 0 aromatic heterocycles. The molecule has 0 aliphatic carbocycles. The largest absolute Gasteiger partial charge is 0.497 e. The molecule has 116 valence electrons. The summed E-state index contributed by atoms with van der Waals surface area (Å²) >= 11 is 0. The van der Waals surface area contributed by atoms with Crippen molar-refractivity contribution in [2.24, 2.45) is 5.41 Å². The molecule has 2 aliphatic rings. The van der Waals surface area contributed by atoms with E-state index in [4.69, 9.17) is 4.74 Å². The van der Waals surface area contributed by atoms with Gasteiger partial charge in [0.05, 0.1) is 7.11 Å². The molecule has 3 nitrogen and oxygen atoms in total. The lowest BCUT2D eigenvalue weighted by atomic mass is 9.86. The summed E-state index contributed by atoms with van der Waals surface area (Å²) in [4.78, 5) is 2.67. The molecular formula is C18H28N2O. The molecule has 21 heavy (non-hydrogen) atoms. The number of rotatable bonds is 4. The molecule has 0 radical (unpaired) electrons. The minimum atomic E-state index is 0.493. The van der Waals surface area contributed by atoms with Gasteiger partial charge in [-0.05, 0) is 67.9 Å². The first kappa shape index (κ1) is 14.9. The van der Waals surface area contributed by atoms with Crippen molar-refractivity contribution in [1.29, 1.82) is 0 Å². The molecule has 3 rings (SSSR count). The van der Waals surface area contributed by atoms with Crippen LogP contribution in [0.4, 0.5) is 0 Å². The zero-order chi connectivity index (χ0) is 14.7. The molecular weight excluding hydrogens is 260 g/mol. The number of benzene rings is 1. The number of methoxy groups -OCH3 is 1. The monoisotopic (exact) mass is 288 g/mol. The topological polar surface area (TPSA) is 24.5 Å². The summed E-state index contributed by atoms with van der Waals surface area (Å²) in [6.07, 6.45) is 3.90. The molecule has 1 N–H and O–H groups in total. The molecule has 3 heteroatoms. The van der Waals surface area contributed by atoms with E-state index in [1.54, 1.807) is 7.11 Å². The molecule has 0 amide bonds. The fourth-order valence-electron chi connectivity index (χ4n) is 3.84. The molecule has 0 saturated carbocycles. The van der Waals surface area contributed by atoms with Crippen LogP contribution in [0.2, 0.25) is 0 Å². The molecule has 1 atom stereocenters. The van der Waals surface area contributed by atoms with Gasteiger partial charge in [-0.15, -0.1) is 0 Å². The third-order valence-corrected chi connectivity index (χ3v) is 5.24. The smallest absolute Gasteiger partial charge is 0.118 e. The Morgan fingerprint density at radius 2 is 1.95 bits per heavy atom. The minimum Gasteiger partial charge on any atom is -0.497 e. The van der Waals surface area contributed by atoms with E-state index >= 15 is 0 Å². The third kappa shape index (κ3) is 3.58. The zero-order valence-electron chi connectivity index (χ0n) is 13.4. The number of hydrogen-bond donors (Lipinski definition) is 1. The summed E-state index contributed by atoms with van der Waals surface area (Å²) in [6.45, 7) is 8.56. The molecule has 2 fully saturated rings. The van der Waals surface area contributed by atoms with E-state index in [0.29, 0.717) is 5.41 Å². The van der Waals surface area contributed by atoms with Gasteiger partial charge in [-0.2, -0.15) is 0 Å². The van der Waals surface area contributed by atoms with Gasteiger partial charge < -0.3 is 15.0 Å². The summed E-state index contributed by atoms with van der Waals surface area (Å²) in [5.74, 6) is 1.68. The van der Waals surface area contributed by atoms with E-state index in [1.807, 2.05) is 0 Å². The second-order valence-electron chi connectivity index (χ2n) is 7.06. The standard InChI is InChI=1S/C18H28N2O/c1-18(9-10-19-13-18)14-20-11-7-16(8-12-20)15-3-5-17(21-2)6-4-15/h3-6,16,19H,7-14H2,1-2H3. The number of nitrogens with zero attached hydrogens (tertiary/aromatic N) is 1. The van der Waals surface area contributed by atoms with Gasteiger partial charge in [0.1, 0.15) is 5.75 Å². The molecule has 0 spiro atoms. The Kier molecular flexibility index (Phi) is 4.51. The quantitative estimate of drug-likeness (QED) is 0.922. The van der Waals surface area contributed by atoms with Crippen LogP contribution < -0.4 is 10.1 Å². The minimum absolute atomic E-state index is 0.493. The van der Waals surface area contributed by atoms with Gasteiger partial charge in [0.2, 0.25) is 0 Å². The first-order valence-electron chi connectivity index (χ1n) is 8.26. The van der Waals surface area contributed by atoms with Crippen LogP contribution in [0.1, 0.15) is 37.7 Å². The van der Waals surface area contributed by atoms with Gasteiger partial charge in [0.25, 0.3) is 0 Å². The number of piperidine rings is 1. The van der Waals surface area contributed by atoms with Crippen molar-refractivity contribution >= 4 is 0 Å². The molecule has 0 bridgehead atoms. The maximum absolute atomic E-state index is 5.24. The fraction of sp³-hybridized carbons (Fsp3) is 0.667. The number of hydrogen-bond acceptors (Lipinski definition) is 3. The maximum atomic E-state index is 5.24. The van der Waals surface area contributed by atoms with Crippen molar-refractivity contribution in [3.63, 3.8) is 0 Å². The molecule has 2 heterocycles. The fourth-order valence-corrected chi connectivity index (χ4v) is 3.84. The lowest BCUT2D eigenvalue weighted by Gasteiger charge is -2.37. The Morgan fingerprint density at radius 1 is 1.24 bits per heavy atom. The predicted octanol–water partition coefficient (Wildman–Crippen LogP) is 2.87. The van der Waals surface area contributed by atoms with Crippen molar-refractivity contribution in [3.05, 3.63) is 29.8 Å². The normalized spacial score (nSPS) is 27.9. The van der Waals surface area contributed by atoms with Crippen LogP contribution in [0, 0.1) is 5.41 Å². The second-order valence-corrected chi connectivity index (χ2v) is 7.06. The van der Waals surface area contributed by atoms with E-state index in [1.165, 1.54) is 57.5 Å². The Bertz CT molecular complexity index is 443. The molecule has 1 aromatic carbocycles. The molecule has 1 unspecified atom stereocenters. The zero-order valence-corrected chi connectivity index (χ0v) is 13.4. The van der Waals surface area contributed by atoms with Crippen molar-refractivity contribution in [2.45, 2.75) is 32.1 Å². The highest BCUT2D eigenvalue weighted by atomic mass is 16.5. The van der Waals surface area contributed by atoms with Gasteiger partial charge >= 0.3 is 0 Å². The summed E-state index contributed by atoms with van der Waals surface area (Å²) in [5.41, 5.74) is 1.97. The van der Waals surface area contributed by atoms with Crippen LogP contribution in [0.5, 0.6) is 5.75 Å². The van der Waals surface area contributed by atoms with Gasteiger partial charge in [-0.1, -0.05) is 19.1 Å². The summed E-state index contributed by atoms with van der Waals surface area (Å²) in [6, 6.07) is 8.66. The van der Waals surface area contributed by atoms with Gasteiger partial charge in [0, 0.05) is 13.1 Å². The second kappa shape index (κ2) is 6.37. The SMILES string of the molecule is COc1ccc(C2CCN(CC3(C)CCNC3)CC2)cc1. The Labute approximate surface area is 128 Å². The van der Waals surface area contributed by atoms with E-state index in [-0.39, 0.29) is 0 Å². The highest BCUT2D eigenvalue weighted by molar-refractivity contribution is 5.29. The Hall–Kier alpha value is -1.06. The number of likely N-dealkylation sites (tertiary alicyclic amines) is 1. The highest BCUT2D eigenvalue weighted by Gasteiger charge is 2.32. The van der Waals surface area contributed by atoms with Crippen LogP contribution in [0.25, 0.3) is 0 Å². The third-order valence-electron chi connectivity index (χ3n) is 5.24. The first-order valence-corrected chi connectivity index (χ1v) is 8.26. The van der Waals surface area contributed by atoms with Gasteiger partial charge in [-0.25, -0.2) is 0 Å². The Morgan fingerprint density at radius 3 is 2.52 bits per heavy atom. The Balaban J connectivity index is 1.52. The molecule has 2 saturated heterocycles. The van der Waals surface area contributed by atoms with Crippen LogP contribution in [-0.4, -0.2) is 44.7 Å². The number of ether oxygens (including phenoxy) is 1. The lowest BCUT2D eigenvalue weighted by molar-refractivity contribution is 0.144. The van der Waals surface area contributed by atoms with E-state index in [0.717, 1.165) is 11.7 Å². The molecule has 1 aromatic rings. The first-order chi connectivity index (χ1) is 10.2. The van der Waals surface area contributed by atoms with Crippen molar-refractivity contribution in [2.75, 3.05) is 39.8 Å². The van der Waals surface area contributed by atoms with Crippen molar-refractivity contribution in [1.82, 2.24) is 10.2 Å². The van der Waals surface area contributed by atoms with Crippen LogP contribution in [0.15, 0.2) is 24.3 Å². The van der Waals surface area contributed by atoms with Gasteiger partial charge in [-0.3, -0.25) is 0 Å². The average molecular weight is 288 g/mol. The summed E-state index contributed by atoms with van der Waals surface area (Å²) in [7, 11) is 1.73. The number of nitrogens with one attached hydrogen (secondary N) is 1. The van der Waals surface area contributed by atoms with Gasteiger partial charge in [0.15, 0.2) is 0 Å². The van der Waals surface area contributed by atoms with E-state index < -0.39 is 0 Å². The van der Waals surface area contributed by atoms with Crippen LogP contribution in [-0.2, 0) is 0 Å². The average Bonchev–Trinajstić information content (AvgIpc) is 2.94. The maximum Gasteiger partial charge on any atom is 0.118 e. The van der Waals surface area contributed by atoms with E-state index in [2.05, 4.69) is 41.4 Å². The van der Waals surface area contributed by atoms with E-state index in [9.17, 15) is 0 Å². The molecule has 2 aliphatic heterocycles. The van der Waals surface area contributed by atoms with Crippen LogP contribution in [0.3, 0.4) is 0 Å². The predicted molar refractivity (Wildman–Crippen MR) is 87.0 cm³/mol. The lowest BCUT2D eigenvalue weighted by Crippen LogP contribution is -2.41. The van der Waals surface area contributed by atoms with Crippen molar-refractivity contribution < 1.29 is 4.74 Å². The summed E-state index contributed by atoms with van der Waals surface area (Å²) < 4.78 is 5.24. The highest BCUT2D eigenvalue weighted by Crippen LogP contribution is 2.32. The van der Waals surface area contributed by atoms with Crippen LogP contribution >= 0.6 is 0 Å².